The van der Waals surface area contributed by atoms with Crippen LogP contribution in [0.25, 0.3) is 0 Å². The van der Waals surface area contributed by atoms with E-state index in [0.29, 0.717) is 24.0 Å². The van der Waals surface area contributed by atoms with Gasteiger partial charge in [-0.05, 0) is 178 Å². The third kappa shape index (κ3) is 49.5. The number of unbranched alkanes of at least 4 members (excludes halogenated alkanes) is 2. The zero-order valence-corrected chi connectivity index (χ0v) is 86.6. The summed E-state index contributed by atoms with van der Waals surface area (Å²) in [6.07, 6.45) is -6.60. The Morgan fingerprint density at radius 2 is 0.689 bits per heavy atom. The van der Waals surface area contributed by atoms with Crippen LogP contribution in [0.2, 0.25) is 0 Å². The van der Waals surface area contributed by atoms with Crippen molar-refractivity contribution >= 4 is 149 Å². The minimum atomic E-state index is -2.06. The van der Waals surface area contributed by atoms with Crippen LogP contribution in [0.1, 0.15) is 197 Å². The predicted octanol–water partition coefficient (Wildman–Crippen LogP) is -8.37. The van der Waals surface area contributed by atoms with Gasteiger partial charge in [-0.15, -0.1) is 0 Å². The summed E-state index contributed by atoms with van der Waals surface area (Å²) in [5.41, 5.74) is 34.9. The van der Waals surface area contributed by atoms with Gasteiger partial charge in [-0.25, -0.2) is 0 Å². The highest BCUT2D eigenvalue weighted by Gasteiger charge is 2.42. The largest absolute Gasteiger partial charge is 0.508 e. The van der Waals surface area contributed by atoms with Gasteiger partial charge in [0, 0.05) is 31.6 Å². The highest BCUT2D eigenvalue weighted by atomic mass is 32.1. The lowest BCUT2D eigenvalue weighted by molar-refractivity contribution is -0.142. The summed E-state index contributed by atoms with van der Waals surface area (Å²) < 4.78 is 0. The number of carbonyl (C=O) groups is 22. The lowest BCUT2D eigenvalue weighted by Gasteiger charge is -2.30. The maximum atomic E-state index is 14.9. The fraction of sp³-hybridized carbons (Fsp3) is 0.628. The second-order valence-corrected chi connectivity index (χ2v) is 38.0. The average Bonchev–Trinajstić information content (AvgIpc) is 0.840. The Kier molecular flexibility index (Phi) is 58.9. The molecule has 0 saturated heterocycles. The second kappa shape index (κ2) is 67.0. The molecule has 0 aliphatic carbocycles. The van der Waals surface area contributed by atoms with Gasteiger partial charge in [-0.1, -0.05) is 97.9 Å². The van der Waals surface area contributed by atoms with E-state index < -0.39 is 307 Å². The van der Waals surface area contributed by atoms with Crippen molar-refractivity contribution in [2.24, 2.45) is 58.1 Å². The fourth-order valence-electron chi connectivity index (χ4n) is 14.5. The third-order valence-electron chi connectivity index (χ3n) is 22.9. The van der Waals surface area contributed by atoms with Gasteiger partial charge < -0.3 is 161 Å². The first-order chi connectivity index (χ1) is 69.3. The number of nitrogens with two attached hydrogens (primary N) is 6. The number of nitrogens with one attached hydrogen (secondary N) is 20. The quantitative estimate of drug-likeness (QED) is 0.0127. The summed E-state index contributed by atoms with van der Waals surface area (Å²) in [4.78, 5) is 301. The lowest BCUT2D eigenvalue weighted by Crippen LogP contribution is -2.63. The van der Waals surface area contributed by atoms with Gasteiger partial charge in [0.25, 0.3) is 0 Å². The van der Waals surface area contributed by atoms with Crippen LogP contribution in [0, 0.1) is 29.1 Å². The monoisotopic (exact) mass is 2110 g/mol. The van der Waals surface area contributed by atoms with E-state index in [9.17, 15) is 131 Å². The van der Waals surface area contributed by atoms with E-state index in [1.54, 1.807) is 70.2 Å². The number of phenolic OH excluding ortho intramolecular Hbond substituents is 1. The summed E-state index contributed by atoms with van der Waals surface area (Å²) in [7, 11) is 0. The molecule has 53 nitrogen and oxygen atoms in total. The number of hydrogen-bond donors (Lipinski definition) is 32. The van der Waals surface area contributed by atoms with Crippen molar-refractivity contribution in [2.75, 3.05) is 31.9 Å². The molecule has 0 spiro atoms. The fourth-order valence-corrected chi connectivity index (χ4v) is 14.8. The van der Waals surface area contributed by atoms with E-state index in [4.69, 9.17) is 39.8 Å². The summed E-state index contributed by atoms with van der Waals surface area (Å²) in [5, 5.41) is 106. The zero-order chi connectivity index (χ0) is 112. The first kappa shape index (κ1) is 130. The van der Waals surface area contributed by atoms with E-state index in [1.165, 1.54) is 53.7 Å². The Balaban J connectivity index is 2.45. The Bertz CT molecular complexity index is 4810. The predicted molar refractivity (Wildman–Crippen MR) is 540 cm³/mol. The maximum absolute atomic E-state index is 14.9. The first-order valence-corrected chi connectivity index (χ1v) is 49.5. The number of hydrogen-bond acceptors (Lipinski definition) is 30. The summed E-state index contributed by atoms with van der Waals surface area (Å²) in [6.45, 7) is 18.0. The molecular formula is C94H154N26O27S. The minimum Gasteiger partial charge on any atom is -0.508 e. The number of aliphatic hydroxyl groups excluding tert-OH is 2. The molecule has 0 aromatic heterocycles. The second-order valence-electron chi connectivity index (χ2n) is 37.6. The number of aliphatic hydroxyl groups is 2. The van der Waals surface area contributed by atoms with Crippen molar-refractivity contribution in [1.29, 1.82) is 5.41 Å². The van der Waals surface area contributed by atoms with Crippen LogP contribution < -0.4 is 135 Å². The highest BCUT2D eigenvalue weighted by molar-refractivity contribution is 7.80. The van der Waals surface area contributed by atoms with Gasteiger partial charge in [0.15, 0.2) is 5.96 Å². The number of thiol groups is 1. The zero-order valence-electron chi connectivity index (χ0n) is 85.7. The van der Waals surface area contributed by atoms with E-state index in [0.717, 1.165) is 20.8 Å². The third-order valence-corrected chi connectivity index (χ3v) is 23.2. The molecule has 0 fully saturated rings. The number of aromatic hydroxyl groups is 1. The number of rotatable bonds is 70. The SMILES string of the molecule is CC(C)C[C@H](NC(=O)[C@H](C)NC(=O)[C@H](CCCNC(=N)N)NC(=O)[C@@H](N)Cc1ccc(O)cc1)C(=O)N[C@H](C(=O)N[C@@H](CC(=O)O)C(=O)N[C@H](C(=O)N[C@@H](CC(C)C)C(=O)N[C@@H](CCCCN)C(=O)N[C@@H](Cc1ccccc1)C(=O)N[C@H](C(=O)N[C@H](C(=O)N[C@@H](CCC(N)=O)C(=O)N[C@@H](C)C(=O)N[C@@H](CCC(=O)O)C(=O)NCC(=O)N[C@@H](C)C(=O)N[C@@H](CCCCN)C(=O)N[C@@H](CS)C(N)=O)[C@@H](C)O)C(C)C)[C@@H](C)O)C(C)C. The van der Waals surface area contributed by atoms with E-state index in [1.807, 2.05) is 0 Å². The van der Waals surface area contributed by atoms with Crippen LogP contribution >= 0.6 is 12.6 Å². The van der Waals surface area contributed by atoms with Gasteiger partial charge in [0.05, 0.1) is 31.2 Å². The molecule has 0 aliphatic heterocycles. The van der Waals surface area contributed by atoms with Crippen molar-refractivity contribution < 1.29 is 131 Å². The number of carboxylic acid groups (broad SMARTS) is 2. The molecule has 828 valence electrons. The maximum Gasteiger partial charge on any atom is 0.305 e. The van der Waals surface area contributed by atoms with Crippen molar-refractivity contribution in [2.45, 2.75) is 320 Å². The van der Waals surface area contributed by atoms with Crippen molar-refractivity contribution in [1.82, 2.24) is 101 Å². The number of guanidine groups is 1. The molecule has 54 heteroatoms. The first-order valence-electron chi connectivity index (χ1n) is 48.8. The standard InChI is InChI=1S/C94H154N26O27S/c1-45(2)38-63(114-93(147)74(52(12)121)119-89(143)66(42-71(128)129)115-90(144)72(47(5)6)117-87(141)64(39-46(3)4)112-79(133)51(11)105-82(136)60(26-21-37-102-94(100)101)109-80(134)57(97)40-55-27-29-56(123)30-28-55)86(140)110-59(25-18-20-36-96)84(138)113-65(41-54-22-15-14-16-23-54)88(142)118-73(48(7)8)91(145)120-75(53(13)122)92(146)111-62(31-33-68(98)124)83(137)106-50(10)78(132)108-61(32-34-70(126)127)81(135)103-43-69(125)104-49(9)77(131)107-58(24-17-19-35-95)85(139)116-67(44-148)76(99)130/h14-16,22-23,27-30,45-53,57-67,72-75,121-123,148H,17-21,24-26,31-44,95-97H2,1-13H3,(H2,98,124)(H2,99,130)(H,103,135)(H,104,125)(H,105,136)(H,106,137)(H,107,131)(H,108,132)(H,109,134)(H,110,140)(H,111,146)(H,112,133)(H,113,138)(H,114,147)(H,115,144)(H,116,139)(H,117,141)(H,118,142)(H,119,143)(H,120,145)(H,126,127)(H,128,129)(H4,100,101,102)/t49-,50-,51-,52+,53+,57-,58-,59-,60-,61-,62-,63-,64-,65-,66-,67-,72-,73-,74-,75-/m0/s1. The normalized spacial score (nSPS) is 15.3. The van der Waals surface area contributed by atoms with E-state index in [2.05, 4.69) is 114 Å². The molecule has 0 unspecified atom stereocenters. The van der Waals surface area contributed by atoms with Gasteiger partial charge in [-0.3, -0.25) is 111 Å². The number of carbonyl (C=O) groups excluding carboxylic acids is 20. The van der Waals surface area contributed by atoms with Crippen molar-refractivity contribution in [3.63, 3.8) is 0 Å². The molecule has 2 rings (SSSR count). The number of primary amides is 2. The van der Waals surface area contributed by atoms with Crippen LogP contribution in [0.3, 0.4) is 0 Å². The molecule has 0 aliphatic rings. The average molecular weight is 2110 g/mol. The van der Waals surface area contributed by atoms with Gasteiger partial charge in [0.2, 0.25) is 118 Å². The van der Waals surface area contributed by atoms with E-state index >= 15 is 0 Å². The highest BCUT2D eigenvalue weighted by Crippen LogP contribution is 2.18. The molecule has 0 saturated carbocycles. The molecule has 20 amide bonds. The van der Waals surface area contributed by atoms with Gasteiger partial charge >= 0.3 is 11.9 Å². The van der Waals surface area contributed by atoms with Crippen LogP contribution in [0.15, 0.2) is 54.6 Å². The number of phenols is 1. The number of carboxylic acids is 2. The van der Waals surface area contributed by atoms with E-state index in [-0.39, 0.29) is 107 Å². The molecule has 2 aromatic rings. The number of benzene rings is 2. The molecule has 148 heavy (non-hydrogen) atoms. The van der Waals surface area contributed by atoms with Crippen LogP contribution in [0.5, 0.6) is 5.75 Å². The molecule has 20 atom stereocenters. The summed E-state index contributed by atoms with van der Waals surface area (Å²) >= 11 is 4.01. The molecule has 0 radical (unpaired) electrons. The van der Waals surface area contributed by atoms with Gasteiger partial charge in [-0.2, -0.15) is 12.6 Å². The summed E-state index contributed by atoms with van der Waals surface area (Å²) in [5.74, 6) is -26.7. The minimum absolute atomic E-state index is 0.0124. The Morgan fingerprint density at radius 1 is 0.345 bits per heavy atom. The summed E-state index contributed by atoms with van der Waals surface area (Å²) in [6, 6.07) is -14.3. The molecular weight excluding hydrogens is 1960 g/mol. The van der Waals surface area contributed by atoms with Gasteiger partial charge in [0.1, 0.15) is 108 Å². The molecule has 0 bridgehead atoms. The molecule has 0 heterocycles. The number of aliphatic carboxylic acids is 2. The molecule has 2 aromatic carbocycles. The smallest absolute Gasteiger partial charge is 0.305 e. The number of amides is 20. The Hall–Kier alpha value is -14.0. The topological polar surface area (TPSA) is 885 Å². The lowest BCUT2D eigenvalue weighted by atomic mass is 9.99. The van der Waals surface area contributed by atoms with Crippen LogP contribution in [0.4, 0.5) is 0 Å². The Labute approximate surface area is 863 Å². The van der Waals surface area contributed by atoms with Crippen molar-refractivity contribution in [3.8, 4) is 5.75 Å². The van der Waals surface area contributed by atoms with Crippen molar-refractivity contribution in [3.05, 3.63) is 65.7 Å². The molecule has 37 N–H and O–H groups in total. The Morgan fingerprint density at radius 3 is 1.12 bits per heavy atom. The van der Waals surface area contributed by atoms with Crippen LogP contribution in [-0.2, 0) is 118 Å². The van der Waals surface area contributed by atoms with Crippen LogP contribution in [-0.4, -0.2) is 314 Å².